The molecule has 34 heavy (non-hydrogen) atoms. The van der Waals surface area contributed by atoms with Gasteiger partial charge in [0.05, 0.1) is 0 Å². The average Bonchev–Trinajstić information content (AvgIpc) is 2.83. The number of unbranched alkanes of at least 4 members (excludes halogenated alkanes) is 15. The minimum absolute atomic E-state index is 0.355. The Balaban J connectivity index is 2.17. The number of ether oxygens (including phenoxy) is 2. The van der Waals surface area contributed by atoms with Crippen LogP contribution in [0.3, 0.4) is 0 Å². The van der Waals surface area contributed by atoms with E-state index in [2.05, 4.69) is 6.92 Å². The molecule has 0 saturated heterocycles. The van der Waals surface area contributed by atoms with Gasteiger partial charge >= 0.3 is 5.97 Å². The van der Waals surface area contributed by atoms with Crippen LogP contribution >= 0.6 is 0 Å². The molecule has 2 atom stereocenters. The van der Waals surface area contributed by atoms with Gasteiger partial charge in [-0.05, 0) is 38.8 Å². The van der Waals surface area contributed by atoms with Crippen molar-refractivity contribution in [2.45, 2.75) is 142 Å². The summed E-state index contributed by atoms with van der Waals surface area (Å²) >= 11 is 0. The van der Waals surface area contributed by atoms with Gasteiger partial charge in [-0.15, -0.1) is 0 Å². The van der Waals surface area contributed by atoms with Crippen LogP contribution in [0, 0.1) is 0 Å². The van der Waals surface area contributed by atoms with Crippen molar-refractivity contribution < 1.29 is 19.4 Å². The molecule has 0 saturated carbocycles. The Labute approximate surface area is 209 Å². The minimum atomic E-state index is -1.30. The monoisotopic (exact) mass is 476 g/mol. The van der Waals surface area contributed by atoms with E-state index in [9.17, 15) is 9.90 Å². The largest absolute Gasteiger partial charge is 0.487 e. The maximum Gasteiger partial charge on any atom is 0.339 e. The first kappa shape index (κ1) is 30.5. The molecular weight excluding hydrogens is 424 g/mol. The highest BCUT2D eigenvalue weighted by molar-refractivity contribution is 5.78. The Bertz CT molecular complexity index is 603. The van der Waals surface area contributed by atoms with Crippen molar-refractivity contribution in [3.05, 3.63) is 30.3 Å². The van der Waals surface area contributed by atoms with E-state index in [0.717, 1.165) is 19.3 Å². The fraction of sp³-hybridized carbons (Fsp3) is 0.767. The second-order valence-electron chi connectivity index (χ2n) is 9.75. The highest BCUT2D eigenvalue weighted by Gasteiger charge is 2.46. The molecular formula is C30H52O4. The number of aliphatic carboxylic acids is 1. The predicted molar refractivity (Wildman–Crippen MR) is 143 cm³/mol. The number of para-hydroxylation sites is 1. The summed E-state index contributed by atoms with van der Waals surface area (Å²) in [7, 11) is 0. The minimum Gasteiger partial charge on any atom is -0.487 e. The van der Waals surface area contributed by atoms with Gasteiger partial charge < -0.3 is 14.6 Å². The van der Waals surface area contributed by atoms with E-state index in [1.165, 1.54) is 83.5 Å². The zero-order valence-corrected chi connectivity index (χ0v) is 22.4. The van der Waals surface area contributed by atoms with Gasteiger partial charge in [0, 0.05) is 6.61 Å². The number of carboxylic acids is 1. The van der Waals surface area contributed by atoms with Gasteiger partial charge in [0.15, 0.2) is 0 Å². The zero-order chi connectivity index (χ0) is 24.9. The van der Waals surface area contributed by atoms with Crippen LogP contribution in [0.5, 0.6) is 5.75 Å². The summed E-state index contributed by atoms with van der Waals surface area (Å²) in [6, 6.07) is 9.40. The smallest absolute Gasteiger partial charge is 0.339 e. The molecule has 0 aliphatic rings. The molecule has 1 aromatic rings. The van der Waals surface area contributed by atoms with Gasteiger partial charge in [-0.3, -0.25) is 0 Å². The van der Waals surface area contributed by atoms with E-state index in [1.807, 2.05) is 44.2 Å². The molecule has 0 amide bonds. The van der Waals surface area contributed by atoms with Crippen molar-refractivity contribution in [2.75, 3.05) is 6.61 Å². The predicted octanol–water partition coefficient (Wildman–Crippen LogP) is 8.97. The maximum absolute atomic E-state index is 12.2. The molecule has 0 bridgehead atoms. The second kappa shape index (κ2) is 19.7. The van der Waals surface area contributed by atoms with Gasteiger partial charge in [0.25, 0.3) is 0 Å². The lowest BCUT2D eigenvalue weighted by atomic mass is 9.90. The Morgan fingerprint density at radius 3 is 1.62 bits per heavy atom. The SMILES string of the molecule is CCCCCCCCCCCCCCCCCCC(OCC)(C(=O)O)C(C)Oc1ccccc1. The third-order valence-corrected chi connectivity index (χ3v) is 6.88. The number of carbonyl (C=O) groups is 1. The molecule has 0 fully saturated rings. The van der Waals surface area contributed by atoms with Gasteiger partial charge in [-0.2, -0.15) is 0 Å². The number of benzene rings is 1. The first-order chi connectivity index (χ1) is 16.6. The molecule has 1 rings (SSSR count). The number of carboxylic acid groups (broad SMARTS) is 1. The topological polar surface area (TPSA) is 55.8 Å². The van der Waals surface area contributed by atoms with Crippen molar-refractivity contribution in [2.24, 2.45) is 0 Å². The highest BCUT2D eigenvalue weighted by atomic mass is 16.6. The fourth-order valence-electron chi connectivity index (χ4n) is 4.73. The van der Waals surface area contributed by atoms with Crippen LogP contribution in [-0.2, 0) is 9.53 Å². The zero-order valence-electron chi connectivity index (χ0n) is 22.4. The lowest BCUT2D eigenvalue weighted by Crippen LogP contribution is -2.53. The fourth-order valence-corrected chi connectivity index (χ4v) is 4.73. The van der Waals surface area contributed by atoms with Crippen molar-refractivity contribution >= 4 is 5.97 Å². The molecule has 0 heterocycles. The van der Waals surface area contributed by atoms with E-state index in [-0.39, 0.29) is 0 Å². The lowest BCUT2D eigenvalue weighted by Gasteiger charge is -2.35. The van der Waals surface area contributed by atoms with E-state index in [4.69, 9.17) is 9.47 Å². The molecule has 1 N–H and O–H groups in total. The molecule has 0 aliphatic heterocycles. The van der Waals surface area contributed by atoms with Crippen LogP contribution in [-0.4, -0.2) is 29.4 Å². The van der Waals surface area contributed by atoms with Crippen LogP contribution in [0.4, 0.5) is 0 Å². The molecule has 0 aromatic heterocycles. The van der Waals surface area contributed by atoms with Gasteiger partial charge in [-0.1, -0.05) is 121 Å². The lowest BCUT2D eigenvalue weighted by molar-refractivity contribution is -0.180. The van der Waals surface area contributed by atoms with E-state index in [0.29, 0.717) is 18.8 Å². The summed E-state index contributed by atoms with van der Waals surface area (Å²) in [4.78, 5) is 12.2. The Morgan fingerprint density at radius 2 is 1.21 bits per heavy atom. The summed E-state index contributed by atoms with van der Waals surface area (Å²) in [5, 5.41) is 10.0. The third kappa shape index (κ3) is 12.8. The van der Waals surface area contributed by atoms with E-state index < -0.39 is 17.7 Å². The van der Waals surface area contributed by atoms with Crippen molar-refractivity contribution in [1.82, 2.24) is 0 Å². The summed E-state index contributed by atoms with van der Waals surface area (Å²) in [5.41, 5.74) is -1.30. The molecule has 4 nitrogen and oxygen atoms in total. The van der Waals surface area contributed by atoms with Crippen LogP contribution in [0.15, 0.2) is 30.3 Å². The Morgan fingerprint density at radius 1 is 0.765 bits per heavy atom. The Kier molecular flexibility index (Phi) is 17.7. The molecule has 2 unspecified atom stereocenters. The molecule has 4 heteroatoms. The molecule has 1 aromatic carbocycles. The third-order valence-electron chi connectivity index (χ3n) is 6.88. The standard InChI is InChI=1S/C30H52O4/c1-4-6-7-8-9-10-11-12-13-14-15-16-17-18-19-23-26-30(29(31)32,33-5-2)27(3)34-28-24-21-20-22-25-28/h20-22,24-25,27H,4-19,23,26H2,1-3H3,(H,31,32). The number of rotatable bonds is 23. The van der Waals surface area contributed by atoms with Crippen LogP contribution < -0.4 is 4.74 Å². The van der Waals surface area contributed by atoms with E-state index >= 15 is 0 Å². The van der Waals surface area contributed by atoms with Crippen molar-refractivity contribution in [3.63, 3.8) is 0 Å². The molecule has 0 spiro atoms. The van der Waals surface area contributed by atoms with Crippen molar-refractivity contribution in [3.8, 4) is 5.75 Å². The summed E-state index contributed by atoms with van der Waals surface area (Å²) in [6.07, 6.45) is 20.8. The summed E-state index contributed by atoms with van der Waals surface area (Å²) in [5.74, 6) is -0.258. The summed E-state index contributed by atoms with van der Waals surface area (Å²) < 4.78 is 11.8. The molecule has 196 valence electrons. The average molecular weight is 477 g/mol. The Hall–Kier alpha value is -1.55. The van der Waals surface area contributed by atoms with Gasteiger partial charge in [-0.25, -0.2) is 4.79 Å². The van der Waals surface area contributed by atoms with E-state index in [1.54, 1.807) is 0 Å². The quantitative estimate of drug-likeness (QED) is 0.160. The molecule has 0 aliphatic carbocycles. The summed E-state index contributed by atoms with van der Waals surface area (Å²) in [6.45, 7) is 6.29. The number of hydrogen-bond acceptors (Lipinski definition) is 3. The van der Waals surface area contributed by atoms with Gasteiger partial charge in [0.1, 0.15) is 11.9 Å². The normalized spacial score (nSPS) is 14.0. The number of hydrogen-bond donors (Lipinski definition) is 1. The van der Waals surface area contributed by atoms with Crippen LogP contribution in [0.2, 0.25) is 0 Å². The second-order valence-corrected chi connectivity index (χ2v) is 9.75. The van der Waals surface area contributed by atoms with Crippen molar-refractivity contribution in [1.29, 1.82) is 0 Å². The van der Waals surface area contributed by atoms with Crippen LogP contribution in [0.1, 0.15) is 130 Å². The first-order valence-corrected chi connectivity index (χ1v) is 14.2. The maximum atomic E-state index is 12.2. The van der Waals surface area contributed by atoms with Crippen LogP contribution in [0.25, 0.3) is 0 Å². The first-order valence-electron chi connectivity index (χ1n) is 14.2. The highest BCUT2D eigenvalue weighted by Crippen LogP contribution is 2.29. The van der Waals surface area contributed by atoms with Gasteiger partial charge in [0.2, 0.25) is 5.60 Å². The molecule has 0 radical (unpaired) electrons.